The molecule has 120 valence electrons. The number of benzene rings is 2. The number of rotatable bonds is 3. The summed E-state index contributed by atoms with van der Waals surface area (Å²) in [4.78, 5) is 24.4. The number of fused-ring (bicyclic) bond motifs is 5. The monoisotopic (exact) mass is 327 g/mol. The lowest BCUT2D eigenvalue weighted by molar-refractivity contribution is 0.0600. The molecule has 2 aromatic carbocycles. The molecule has 4 nitrogen and oxygen atoms in total. The third-order valence-electron chi connectivity index (χ3n) is 4.39. The fourth-order valence-electron chi connectivity index (χ4n) is 3.15. The van der Waals surface area contributed by atoms with Crippen LogP contribution in [0.15, 0.2) is 54.7 Å². The van der Waals surface area contributed by atoms with Crippen LogP contribution in [0.2, 0.25) is 0 Å². The van der Waals surface area contributed by atoms with Gasteiger partial charge in [0.1, 0.15) is 0 Å². The molecule has 0 aliphatic heterocycles. The number of ether oxygens (including phenoxy) is 1. The zero-order valence-electron chi connectivity index (χ0n) is 13.4. The number of hydrogen-bond acceptors (Lipinski definition) is 3. The topological polar surface area (TPSA) is 47.8 Å². The third-order valence-corrected chi connectivity index (χ3v) is 4.39. The maximum atomic E-state index is 12.9. The number of terminal acetylenes is 1. The summed E-state index contributed by atoms with van der Waals surface area (Å²) in [6, 6.07) is 14.0. The van der Waals surface area contributed by atoms with Crippen LogP contribution in [0.4, 0.5) is 0 Å². The zero-order chi connectivity index (χ0) is 17.6. The van der Waals surface area contributed by atoms with Crippen LogP contribution >= 0.6 is 0 Å². The molecule has 0 fully saturated rings. The molecule has 25 heavy (non-hydrogen) atoms. The first-order valence-electron chi connectivity index (χ1n) is 7.70. The van der Waals surface area contributed by atoms with Gasteiger partial charge < -0.3 is 9.14 Å². The Hall–Kier alpha value is -3.58. The van der Waals surface area contributed by atoms with Crippen LogP contribution in [0.3, 0.4) is 0 Å². The van der Waals surface area contributed by atoms with Gasteiger partial charge in [-0.2, -0.15) is 0 Å². The van der Waals surface area contributed by atoms with Crippen LogP contribution in [0.5, 0.6) is 0 Å². The Bertz CT molecular complexity index is 1160. The lowest BCUT2D eigenvalue weighted by atomic mass is 10.0. The molecule has 0 atom stereocenters. The van der Waals surface area contributed by atoms with E-state index in [9.17, 15) is 9.59 Å². The molecular weight excluding hydrogens is 314 g/mol. The van der Waals surface area contributed by atoms with Crippen LogP contribution < -0.4 is 0 Å². The highest BCUT2D eigenvalue weighted by Gasteiger charge is 2.18. The second kappa shape index (κ2) is 5.50. The van der Waals surface area contributed by atoms with Crippen LogP contribution in [0, 0.1) is 12.3 Å². The van der Waals surface area contributed by atoms with Crippen molar-refractivity contribution in [3.63, 3.8) is 0 Å². The number of methoxy groups -OCH3 is 1. The van der Waals surface area contributed by atoms with E-state index in [-0.39, 0.29) is 5.78 Å². The minimum atomic E-state index is -0.430. The molecule has 0 radical (unpaired) electrons. The van der Waals surface area contributed by atoms with E-state index >= 15 is 0 Å². The Kier molecular flexibility index (Phi) is 3.29. The molecule has 0 unspecified atom stereocenters. The molecule has 0 saturated carbocycles. The van der Waals surface area contributed by atoms with Crippen LogP contribution in [0.1, 0.15) is 31.8 Å². The number of nitrogens with zero attached hydrogens (tertiary/aromatic N) is 1. The van der Waals surface area contributed by atoms with E-state index < -0.39 is 5.97 Å². The van der Waals surface area contributed by atoms with Crippen LogP contribution in [-0.4, -0.2) is 23.3 Å². The van der Waals surface area contributed by atoms with Crippen molar-refractivity contribution < 1.29 is 14.3 Å². The van der Waals surface area contributed by atoms with Gasteiger partial charge in [0.2, 0.25) is 0 Å². The van der Waals surface area contributed by atoms with Crippen LogP contribution in [-0.2, 0) is 4.74 Å². The zero-order valence-corrected chi connectivity index (χ0v) is 13.4. The predicted molar refractivity (Wildman–Crippen MR) is 95.2 cm³/mol. The van der Waals surface area contributed by atoms with Crippen LogP contribution in [0.25, 0.3) is 16.4 Å². The summed E-state index contributed by atoms with van der Waals surface area (Å²) in [6.07, 6.45) is 7.43. The third kappa shape index (κ3) is 2.18. The van der Waals surface area contributed by atoms with Gasteiger partial charge >= 0.3 is 5.97 Å². The maximum absolute atomic E-state index is 12.9. The second-order valence-corrected chi connectivity index (χ2v) is 5.72. The lowest BCUT2D eigenvalue weighted by Crippen LogP contribution is -2.05. The smallest absolute Gasteiger partial charge is 0.337 e. The molecule has 4 aromatic rings. The molecule has 0 aliphatic rings. The van der Waals surface area contributed by atoms with E-state index in [1.165, 1.54) is 7.11 Å². The highest BCUT2D eigenvalue weighted by molar-refractivity contribution is 6.15. The molecule has 4 rings (SSSR count). The maximum Gasteiger partial charge on any atom is 0.337 e. The largest absolute Gasteiger partial charge is 0.465 e. The van der Waals surface area contributed by atoms with E-state index in [1.807, 2.05) is 34.9 Å². The summed E-state index contributed by atoms with van der Waals surface area (Å²) in [5.74, 6) is 2.13. The number of carbonyl (C=O) groups is 2. The average Bonchev–Trinajstić information content (AvgIpc) is 3.21. The van der Waals surface area contributed by atoms with Crippen molar-refractivity contribution in [1.82, 2.24) is 4.40 Å². The molecule has 2 aromatic heterocycles. The van der Waals surface area contributed by atoms with E-state index in [2.05, 4.69) is 10.7 Å². The van der Waals surface area contributed by atoms with E-state index in [0.29, 0.717) is 16.7 Å². The molecule has 0 aliphatic carbocycles. The standard InChI is InChI=1S/C21H13NO3/c1-3-13-10-11-22-18-12-16(19(13)22)8-9-17(18)20(23)14-4-6-15(7-5-14)21(24)25-2/h1,4-12H,2H3. The summed E-state index contributed by atoms with van der Waals surface area (Å²) in [7, 11) is 1.32. The Morgan fingerprint density at radius 2 is 1.76 bits per heavy atom. The Morgan fingerprint density at radius 3 is 2.44 bits per heavy atom. The van der Waals surface area contributed by atoms with E-state index in [4.69, 9.17) is 6.42 Å². The summed E-state index contributed by atoms with van der Waals surface area (Å²) in [5.41, 5.74) is 4.07. The van der Waals surface area contributed by atoms with Gasteiger partial charge in [0.25, 0.3) is 0 Å². The SMILES string of the molecule is C#Cc1ccn2c3cc(ccc3C(=O)c3ccc(C(=O)OC)cc3)c12. The fraction of sp³-hybridized carbons (Fsp3) is 0.0476. The molecule has 0 amide bonds. The lowest BCUT2D eigenvalue weighted by Gasteiger charge is -2.04. The van der Waals surface area contributed by atoms with Crippen molar-refractivity contribution in [3.05, 3.63) is 77.0 Å². The molecule has 4 heteroatoms. The molecular formula is C21H13NO3. The first-order chi connectivity index (χ1) is 12.1. The molecule has 2 bridgehead atoms. The first kappa shape index (κ1) is 15.0. The van der Waals surface area contributed by atoms with E-state index in [1.54, 1.807) is 24.3 Å². The van der Waals surface area contributed by atoms with Crippen molar-refractivity contribution >= 4 is 28.2 Å². The number of carbonyl (C=O) groups excluding carboxylic acids is 2. The number of ketones is 1. The van der Waals surface area contributed by atoms with Crippen molar-refractivity contribution in [2.75, 3.05) is 7.11 Å². The molecule has 2 heterocycles. The summed E-state index contributed by atoms with van der Waals surface area (Å²) in [6.45, 7) is 0. The molecule has 0 spiro atoms. The number of aromatic nitrogens is 1. The minimum Gasteiger partial charge on any atom is -0.465 e. The molecule has 0 N–H and O–H groups in total. The van der Waals surface area contributed by atoms with E-state index in [0.717, 1.165) is 22.0 Å². The van der Waals surface area contributed by atoms with Gasteiger partial charge in [-0.25, -0.2) is 4.79 Å². The average molecular weight is 327 g/mol. The highest BCUT2D eigenvalue weighted by Crippen LogP contribution is 2.29. The summed E-state index contributed by atoms with van der Waals surface area (Å²) in [5, 5.41) is 1.01. The molecule has 0 saturated heterocycles. The van der Waals surface area contributed by atoms with Gasteiger partial charge in [0.05, 0.1) is 29.3 Å². The Balaban J connectivity index is 1.80. The fourth-order valence-corrected chi connectivity index (χ4v) is 3.15. The summed E-state index contributed by atoms with van der Waals surface area (Å²) >= 11 is 0. The minimum absolute atomic E-state index is 0.109. The van der Waals surface area contributed by atoms with Gasteiger partial charge in [-0.05, 0) is 30.3 Å². The predicted octanol–water partition coefficient (Wildman–Crippen LogP) is 3.53. The van der Waals surface area contributed by atoms with Gasteiger partial charge in [-0.1, -0.05) is 24.1 Å². The summed E-state index contributed by atoms with van der Waals surface area (Å²) < 4.78 is 6.62. The second-order valence-electron chi connectivity index (χ2n) is 5.72. The first-order valence-corrected chi connectivity index (χ1v) is 7.70. The van der Waals surface area contributed by atoms with Gasteiger partial charge in [-0.15, -0.1) is 6.42 Å². The van der Waals surface area contributed by atoms with Crippen molar-refractivity contribution in [2.45, 2.75) is 0 Å². The highest BCUT2D eigenvalue weighted by atomic mass is 16.5. The van der Waals surface area contributed by atoms with Gasteiger partial charge in [-0.3, -0.25) is 4.79 Å². The Labute approximate surface area is 144 Å². The van der Waals surface area contributed by atoms with Crippen molar-refractivity contribution in [1.29, 1.82) is 0 Å². The van der Waals surface area contributed by atoms with Crippen molar-refractivity contribution in [2.24, 2.45) is 0 Å². The Morgan fingerprint density at radius 1 is 1.04 bits per heavy atom. The van der Waals surface area contributed by atoms with Gasteiger partial charge in [0.15, 0.2) is 5.78 Å². The normalized spacial score (nSPS) is 10.9. The van der Waals surface area contributed by atoms with Crippen molar-refractivity contribution in [3.8, 4) is 12.3 Å². The number of esters is 1. The number of hydrogen-bond donors (Lipinski definition) is 0. The quantitative estimate of drug-likeness (QED) is 0.328. The van der Waals surface area contributed by atoms with Gasteiger partial charge in [0, 0.05) is 22.7 Å².